The second-order valence-electron chi connectivity index (χ2n) is 4.82. The van der Waals surface area contributed by atoms with Gasteiger partial charge >= 0.3 is 5.97 Å². The lowest BCUT2D eigenvalue weighted by molar-refractivity contribution is -0.133. The summed E-state index contributed by atoms with van der Waals surface area (Å²) in [5.41, 5.74) is 2.99. The first-order chi connectivity index (χ1) is 10.0. The Labute approximate surface area is 127 Å². The number of aromatic nitrogens is 2. The molecule has 1 N–H and O–H groups in total. The van der Waals surface area contributed by atoms with Crippen molar-refractivity contribution in [3.05, 3.63) is 29.8 Å². The van der Waals surface area contributed by atoms with Crippen molar-refractivity contribution >= 4 is 28.8 Å². The number of aliphatic carboxylic acids is 1. The third-order valence-corrected chi connectivity index (χ3v) is 3.89. The largest absolute Gasteiger partial charge is 0.497 e. The van der Waals surface area contributed by atoms with Crippen molar-refractivity contribution in [1.29, 1.82) is 0 Å². The molecule has 0 aliphatic rings. The molecule has 1 aromatic heterocycles. The van der Waals surface area contributed by atoms with Crippen molar-refractivity contribution in [2.75, 3.05) is 12.9 Å². The summed E-state index contributed by atoms with van der Waals surface area (Å²) in [7, 11) is 1.61. The number of nitrogens with zero attached hydrogens (tertiary/aromatic N) is 2. The maximum atomic E-state index is 10.8. The highest BCUT2D eigenvalue weighted by Gasteiger charge is 2.12. The van der Waals surface area contributed by atoms with Gasteiger partial charge in [0, 0.05) is 12.6 Å². The van der Waals surface area contributed by atoms with Gasteiger partial charge in [-0.2, -0.15) is 0 Å². The zero-order valence-corrected chi connectivity index (χ0v) is 13.1. The Morgan fingerprint density at radius 3 is 2.86 bits per heavy atom. The third kappa shape index (κ3) is 3.78. The first-order valence-electron chi connectivity index (χ1n) is 6.53. The second kappa shape index (κ2) is 6.67. The second-order valence-corrected chi connectivity index (χ2v) is 5.77. The molecule has 21 heavy (non-hydrogen) atoms. The molecule has 1 aromatic carbocycles. The average Bonchev–Trinajstić information content (AvgIpc) is 2.79. The van der Waals surface area contributed by atoms with E-state index in [1.165, 1.54) is 17.3 Å². The lowest BCUT2D eigenvalue weighted by Gasteiger charge is -2.06. The van der Waals surface area contributed by atoms with Crippen LogP contribution in [0.4, 0.5) is 0 Å². The lowest BCUT2D eigenvalue weighted by atomic mass is 10.3. The molecule has 1 heterocycles. The van der Waals surface area contributed by atoms with Crippen LogP contribution in [0.1, 0.15) is 13.8 Å². The molecule has 0 amide bonds. The molecule has 2 rings (SSSR count). The predicted molar refractivity (Wildman–Crippen MR) is 84.1 cm³/mol. The van der Waals surface area contributed by atoms with Gasteiger partial charge in [0.15, 0.2) is 5.16 Å². The Balaban J connectivity index is 2.45. The molecule has 2 aromatic rings. The number of thioether (sulfide) groups is 1. The van der Waals surface area contributed by atoms with E-state index in [9.17, 15) is 4.79 Å². The number of carbonyl (C=O) groups is 1. The maximum absolute atomic E-state index is 10.8. The molecule has 0 radical (unpaired) electrons. The Morgan fingerprint density at radius 1 is 1.48 bits per heavy atom. The van der Waals surface area contributed by atoms with Crippen LogP contribution < -0.4 is 4.74 Å². The van der Waals surface area contributed by atoms with E-state index in [2.05, 4.69) is 11.1 Å². The summed E-state index contributed by atoms with van der Waals surface area (Å²) >= 11 is 1.23. The normalized spacial score (nSPS) is 10.6. The maximum Gasteiger partial charge on any atom is 0.313 e. The summed E-state index contributed by atoms with van der Waals surface area (Å²) in [6.07, 6.45) is 2.09. The van der Waals surface area contributed by atoms with Crippen LogP contribution in [0.2, 0.25) is 0 Å². The van der Waals surface area contributed by atoms with Crippen molar-refractivity contribution < 1.29 is 14.6 Å². The number of carboxylic acid groups (broad SMARTS) is 1. The number of ether oxygens (including phenoxy) is 1. The highest BCUT2D eigenvalue weighted by molar-refractivity contribution is 7.99. The molecule has 0 aliphatic carbocycles. The highest BCUT2D eigenvalue weighted by atomic mass is 32.2. The van der Waals surface area contributed by atoms with Crippen LogP contribution in [0.15, 0.2) is 35.0 Å². The summed E-state index contributed by atoms with van der Waals surface area (Å²) in [4.78, 5) is 15.3. The zero-order valence-electron chi connectivity index (χ0n) is 12.3. The molecule has 112 valence electrons. The summed E-state index contributed by atoms with van der Waals surface area (Å²) in [6.45, 7) is 4.74. The van der Waals surface area contributed by atoms with Crippen LogP contribution in [0.3, 0.4) is 0 Å². The number of hydrogen-bond acceptors (Lipinski definition) is 4. The minimum absolute atomic E-state index is 0.00468. The standard InChI is InChI=1S/C15H18N2O3S/c1-10(2)6-7-17-13-5-4-11(20-3)8-12(13)16-15(17)21-9-14(18)19/h4-6,8H,7,9H2,1-3H3,(H,18,19). The summed E-state index contributed by atoms with van der Waals surface area (Å²) in [5.74, 6) is -0.113. The summed E-state index contributed by atoms with van der Waals surface area (Å²) in [5, 5.41) is 9.56. The van der Waals surface area contributed by atoms with Gasteiger partial charge in [-0.15, -0.1) is 0 Å². The SMILES string of the molecule is COc1ccc2c(c1)nc(SCC(=O)O)n2CC=C(C)C. The Morgan fingerprint density at radius 2 is 2.24 bits per heavy atom. The Bertz CT molecular complexity index is 688. The summed E-state index contributed by atoms with van der Waals surface area (Å²) in [6, 6.07) is 5.69. The van der Waals surface area contributed by atoms with Crippen molar-refractivity contribution in [2.24, 2.45) is 0 Å². The number of carboxylic acids is 1. The minimum atomic E-state index is -0.849. The number of allylic oxidation sites excluding steroid dienone is 2. The van der Waals surface area contributed by atoms with E-state index >= 15 is 0 Å². The van der Waals surface area contributed by atoms with E-state index in [1.807, 2.05) is 36.6 Å². The number of imidazole rings is 1. The zero-order chi connectivity index (χ0) is 15.4. The molecule has 6 heteroatoms. The van der Waals surface area contributed by atoms with Crippen LogP contribution in [0.25, 0.3) is 11.0 Å². The van der Waals surface area contributed by atoms with Crippen LogP contribution >= 0.6 is 11.8 Å². The van der Waals surface area contributed by atoms with Crippen molar-refractivity contribution in [3.8, 4) is 5.75 Å². The fourth-order valence-electron chi connectivity index (χ4n) is 1.90. The van der Waals surface area contributed by atoms with Gasteiger partial charge in [0.2, 0.25) is 0 Å². The van der Waals surface area contributed by atoms with Crippen molar-refractivity contribution in [3.63, 3.8) is 0 Å². The molecule has 5 nitrogen and oxygen atoms in total. The first kappa shape index (κ1) is 15.4. The molecular weight excluding hydrogens is 288 g/mol. The monoisotopic (exact) mass is 306 g/mol. The van der Waals surface area contributed by atoms with Gasteiger partial charge in [-0.05, 0) is 26.0 Å². The van der Waals surface area contributed by atoms with Gasteiger partial charge in [-0.3, -0.25) is 4.79 Å². The van der Waals surface area contributed by atoms with Crippen LogP contribution in [0, 0.1) is 0 Å². The molecule has 0 spiro atoms. The fraction of sp³-hybridized carbons (Fsp3) is 0.333. The molecule has 0 unspecified atom stereocenters. The van der Waals surface area contributed by atoms with Gasteiger partial charge in [0.25, 0.3) is 0 Å². The average molecular weight is 306 g/mol. The molecule has 0 fully saturated rings. The van der Waals surface area contributed by atoms with E-state index in [0.29, 0.717) is 11.7 Å². The topological polar surface area (TPSA) is 64.3 Å². The fourth-order valence-corrected chi connectivity index (χ4v) is 2.65. The predicted octanol–water partition coefficient (Wildman–Crippen LogP) is 3.19. The smallest absolute Gasteiger partial charge is 0.313 e. The van der Waals surface area contributed by atoms with E-state index < -0.39 is 5.97 Å². The first-order valence-corrected chi connectivity index (χ1v) is 7.52. The van der Waals surface area contributed by atoms with E-state index in [1.54, 1.807) is 7.11 Å². The number of rotatable bonds is 6. The highest BCUT2D eigenvalue weighted by Crippen LogP contribution is 2.27. The minimum Gasteiger partial charge on any atom is -0.497 e. The van der Waals surface area contributed by atoms with E-state index in [0.717, 1.165) is 16.8 Å². The van der Waals surface area contributed by atoms with Crippen LogP contribution in [0.5, 0.6) is 5.75 Å². The molecule has 0 bridgehead atoms. The third-order valence-electron chi connectivity index (χ3n) is 2.93. The van der Waals surface area contributed by atoms with Gasteiger partial charge in [0.05, 0.1) is 23.9 Å². The quantitative estimate of drug-likeness (QED) is 0.656. The van der Waals surface area contributed by atoms with Gasteiger partial charge < -0.3 is 14.4 Å². The molecule has 0 saturated heterocycles. The number of fused-ring (bicyclic) bond motifs is 1. The molecule has 0 saturated carbocycles. The molecule has 0 atom stereocenters. The van der Waals surface area contributed by atoms with Crippen LogP contribution in [-0.2, 0) is 11.3 Å². The van der Waals surface area contributed by atoms with Gasteiger partial charge in [-0.25, -0.2) is 4.98 Å². The summed E-state index contributed by atoms with van der Waals surface area (Å²) < 4.78 is 7.23. The van der Waals surface area contributed by atoms with E-state index in [4.69, 9.17) is 9.84 Å². The van der Waals surface area contributed by atoms with Gasteiger partial charge in [0.1, 0.15) is 5.75 Å². The lowest BCUT2D eigenvalue weighted by Crippen LogP contribution is -2.02. The number of methoxy groups -OCH3 is 1. The van der Waals surface area contributed by atoms with E-state index in [-0.39, 0.29) is 5.75 Å². The van der Waals surface area contributed by atoms with Crippen molar-refractivity contribution in [1.82, 2.24) is 9.55 Å². The van der Waals surface area contributed by atoms with Crippen molar-refractivity contribution in [2.45, 2.75) is 25.5 Å². The van der Waals surface area contributed by atoms with Gasteiger partial charge in [-0.1, -0.05) is 23.4 Å². The Kier molecular flexibility index (Phi) is 4.90. The number of benzene rings is 1. The number of hydrogen-bond donors (Lipinski definition) is 1. The molecule has 0 aliphatic heterocycles. The Hall–Kier alpha value is -1.95. The van der Waals surface area contributed by atoms with Crippen LogP contribution in [-0.4, -0.2) is 33.5 Å². The molecular formula is C15H18N2O3S.